The van der Waals surface area contributed by atoms with Crippen LogP contribution in [-0.2, 0) is 0 Å². The number of hydrogen-bond acceptors (Lipinski definition) is 7. The second kappa shape index (κ2) is 7.39. The first-order valence-corrected chi connectivity index (χ1v) is 9.90. The average molecular weight is 380 g/mol. The van der Waals surface area contributed by atoms with Gasteiger partial charge in [0, 0.05) is 11.3 Å². The van der Waals surface area contributed by atoms with E-state index in [1.165, 1.54) is 11.8 Å². The van der Waals surface area contributed by atoms with Gasteiger partial charge in [0.2, 0.25) is 5.89 Å². The first kappa shape index (κ1) is 16.9. The number of thioether (sulfide) groups is 1. The Balaban J connectivity index is 1.56. The van der Waals surface area contributed by atoms with Gasteiger partial charge in [-0.25, -0.2) is 9.97 Å². The number of rotatable bonds is 5. The van der Waals surface area contributed by atoms with Gasteiger partial charge in [0.15, 0.2) is 5.16 Å². The van der Waals surface area contributed by atoms with Crippen molar-refractivity contribution in [1.82, 2.24) is 20.2 Å². The molecule has 130 valence electrons. The molecule has 1 atom stereocenters. The van der Waals surface area contributed by atoms with E-state index < -0.39 is 0 Å². The molecule has 26 heavy (non-hydrogen) atoms. The summed E-state index contributed by atoms with van der Waals surface area (Å²) in [5.74, 6) is 1.13. The maximum atomic E-state index is 5.82. The average Bonchev–Trinajstić information content (AvgIpc) is 3.33. The van der Waals surface area contributed by atoms with Crippen LogP contribution in [0.3, 0.4) is 0 Å². The van der Waals surface area contributed by atoms with Crippen LogP contribution < -0.4 is 0 Å². The van der Waals surface area contributed by atoms with Crippen molar-refractivity contribution in [2.24, 2.45) is 0 Å². The van der Waals surface area contributed by atoms with Gasteiger partial charge in [0.25, 0.3) is 5.89 Å². The molecule has 0 aliphatic carbocycles. The first-order chi connectivity index (χ1) is 12.7. The fourth-order valence-corrected chi connectivity index (χ4v) is 3.96. The minimum Gasteiger partial charge on any atom is -0.419 e. The molecule has 3 aromatic heterocycles. The van der Waals surface area contributed by atoms with Gasteiger partial charge in [-0.15, -0.1) is 21.5 Å². The third-order valence-electron chi connectivity index (χ3n) is 3.71. The quantitative estimate of drug-likeness (QED) is 0.340. The molecule has 1 unspecified atom stereocenters. The van der Waals surface area contributed by atoms with Crippen LogP contribution in [0.15, 0.2) is 63.5 Å². The van der Waals surface area contributed by atoms with Crippen LogP contribution in [0.1, 0.15) is 23.8 Å². The van der Waals surface area contributed by atoms with Gasteiger partial charge < -0.3 is 4.42 Å². The summed E-state index contributed by atoms with van der Waals surface area (Å²) < 4.78 is 5.82. The molecule has 0 aliphatic heterocycles. The smallest absolute Gasteiger partial charge is 0.257 e. The van der Waals surface area contributed by atoms with E-state index in [0.717, 1.165) is 21.8 Å². The SMILES string of the molecule is Cc1cc(-c2ccccc2)nc(SC(C)c2nnc(-c3cccs3)o2)n1. The van der Waals surface area contributed by atoms with Crippen LogP contribution in [0.25, 0.3) is 22.0 Å². The Morgan fingerprint density at radius 1 is 1.04 bits per heavy atom. The van der Waals surface area contributed by atoms with Gasteiger partial charge in [0.05, 0.1) is 15.8 Å². The lowest BCUT2D eigenvalue weighted by atomic mass is 10.1. The van der Waals surface area contributed by atoms with E-state index in [4.69, 9.17) is 9.40 Å². The second-order valence-corrected chi connectivity index (χ2v) is 7.98. The fraction of sp³-hybridized carbons (Fsp3) is 0.158. The highest BCUT2D eigenvalue weighted by molar-refractivity contribution is 7.99. The number of thiophene rings is 1. The molecule has 0 radical (unpaired) electrons. The predicted octanol–water partition coefficient (Wildman–Crippen LogP) is 5.42. The van der Waals surface area contributed by atoms with Crippen LogP contribution >= 0.6 is 23.1 Å². The summed E-state index contributed by atoms with van der Waals surface area (Å²) in [6.07, 6.45) is 0. The van der Waals surface area contributed by atoms with E-state index in [1.54, 1.807) is 11.3 Å². The molecule has 4 rings (SSSR count). The molecular formula is C19H16N4OS2. The molecule has 1 aromatic carbocycles. The molecule has 4 aromatic rings. The molecule has 0 spiro atoms. The van der Waals surface area contributed by atoms with E-state index in [-0.39, 0.29) is 5.25 Å². The van der Waals surface area contributed by atoms with Crippen molar-refractivity contribution in [2.75, 3.05) is 0 Å². The molecule has 0 bridgehead atoms. The summed E-state index contributed by atoms with van der Waals surface area (Å²) in [5, 5.41) is 11.0. The highest BCUT2D eigenvalue weighted by atomic mass is 32.2. The first-order valence-electron chi connectivity index (χ1n) is 8.14. The van der Waals surface area contributed by atoms with Crippen LogP contribution in [0.5, 0.6) is 0 Å². The highest BCUT2D eigenvalue weighted by Crippen LogP contribution is 2.35. The molecule has 0 N–H and O–H groups in total. The summed E-state index contributed by atoms with van der Waals surface area (Å²) in [5.41, 5.74) is 2.92. The van der Waals surface area contributed by atoms with Gasteiger partial charge in [0.1, 0.15) is 0 Å². The van der Waals surface area contributed by atoms with Crippen LogP contribution in [0.2, 0.25) is 0 Å². The minimum atomic E-state index is -0.0402. The van der Waals surface area contributed by atoms with Crippen molar-refractivity contribution in [3.8, 4) is 22.0 Å². The molecule has 0 aliphatic rings. The van der Waals surface area contributed by atoms with Crippen molar-refractivity contribution >= 4 is 23.1 Å². The fourth-order valence-electron chi connectivity index (χ4n) is 2.46. The third kappa shape index (κ3) is 3.68. The monoisotopic (exact) mass is 380 g/mol. The van der Waals surface area contributed by atoms with Crippen LogP contribution in [0.4, 0.5) is 0 Å². The van der Waals surface area contributed by atoms with E-state index in [2.05, 4.69) is 15.2 Å². The van der Waals surface area contributed by atoms with E-state index in [9.17, 15) is 0 Å². The zero-order valence-corrected chi connectivity index (χ0v) is 15.9. The Morgan fingerprint density at radius 2 is 1.88 bits per heavy atom. The zero-order chi connectivity index (χ0) is 17.9. The highest BCUT2D eigenvalue weighted by Gasteiger charge is 2.18. The topological polar surface area (TPSA) is 64.7 Å². The number of hydrogen-bond donors (Lipinski definition) is 0. The summed E-state index contributed by atoms with van der Waals surface area (Å²) in [4.78, 5) is 10.2. The maximum absolute atomic E-state index is 5.82. The van der Waals surface area contributed by atoms with Crippen LogP contribution in [0, 0.1) is 6.92 Å². The summed E-state index contributed by atoms with van der Waals surface area (Å²) in [6.45, 7) is 3.99. The van der Waals surface area contributed by atoms with Crippen molar-refractivity contribution in [1.29, 1.82) is 0 Å². The Morgan fingerprint density at radius 3 is 2.65 bits per heavy atom. The lowest BCUT2D eigenvalue weighted by molar-refractivity contribution is 0.510. The molecule has 5 nitrogen and oxygen atoms in total. The number of aromatic nitrogens is 4. The van der Waals surface area contributed by atoms with Gasteiger partial charge in [-0.1, -0.05) is 48.2 Å². The summed E-state index contributed by atoms with van der Waals surface area (Å²) in [6, 6.07) is 16.0. The normalized spacial score (nSPS) is 12.2. The molecule has 0 saturated carbocycles. The molecular weight excluding hydrogens is 364 g/mol. The third-order valence-corrected chi connectivity index (χ3v) is 5.51. The van der Waals surface area contributed by atoms with E-state index >= 15 is 0 Å². The summed E-state index contributed by atoms with van der Waals surface area (Å²) >= 11 is 3.09. The van der Waals surface area contributed by atoms with Gasteiger partial charge in [-0.05, 0) is 31.4 Å². The zero-order valence-electron chi connectivity index (χ0n) is 14.3. The lowest BCUT2D eigenvalue weighted by Crippen LogP contribution is -1.96. The van der Waals surface area contributed by atoms with Gasteiger partial charge >= 0.3 is 0 Å². The Hall–Kier alpha value is -2.51. The lowest BCUT2D eigenvalue weighted by Gasteiger charge is -2.08. The van der Waals surface area contributed by atoms with Crippen molar-refractivity contribution in [3.05, 3.63) is 65.5 Å². The van der Waals surface area contributed by atoms with E-state index in [1.807, 2.05) is 67.8 Å². The molecule has 3 heterocycles. The molecule has 0 amide bonds. The second-order valence-electron chi connectivity index (χ2n) is 5.73. The minimum absolute atomic E-state index is 0.0402. The molecule has 0 saturated heterocycles. The Labute approximate surface area is 159 Å². The molecule has 0 fully saturated rings. The van der Waals surface area contributed by atoms with Gasteiger partial charge in [-0.2, -0.15) is 0 Å². The largest absolute Gasteiger partial charge is 0.419 e. The van der Waals surface area contributed by atoms with Crippen molar-refractivity contribution in [2.45, 2.75) is 24.3 Å². The maximum Gasteiger partial charge on any atom is 0.257 e. The van der Waals surface area contributed by atoms with Gasteiger partial charge in [-0.3, -0.25) is 0 Å². The number of aryl methyl sites for hydroxylation is 1. The number of benzene rings is 1. The standard InChI is InChI=1S/C19H16N4OS2/c1-12-11-15(14-7-4-3-5-8-14)21-19(20-12)26-13(2)17-22-23-18(24-17)16-9-6-10-25-16/h3-11,13H,1-2H3. The van der Waals surface area contributed by atoms with Crippen molar-refractivity contribution in [3.63, 3.8) is 0 Å². The summed E-state index contributed by atoms with van der Waals surface area (Å²) in [7, 11) is 0. The Bertz CT molecular complexity index is 1000. The Kier molecular flexibility index (Phi) is 4.81. The van der Waals surface area contributed by atoms with Crippen LogP contribution in [-0.4, -0.2) is 20.2 Å². The van der Waals surface area contributed by atoms with Crippen molar-refractivity contribution < 1.29 is 4.42 Å². The number of nitrogens with zero attached hydrogens (tertiary/aromatic N) is 4. The predicted molar refractivity (Wildman–Crippen MR) is 104 cm³/mol. The molecule has 7 heteroatoms. The van der Waals surface area contributed by atoms with E-state index in [0.29, 0.717) is 16.9 Å².